The Bertz CT molecular complexity index is 293. The molecule has 0 rings (SSSR count). The number of halogens is 1. The normalized spacial score (nSPS) is 10.1. The Balaban J connectivity index is 0. The summed E-state index contributed by atoms with van der Waals surface area (Å²) < 4.78 is 0.205. The van der Waals surface area contributed by atoms with Crippen molar-refractivity contribution in [2.45, 2.75) is 0 Å². The van der Waals surface area contributed by atoms with Crippen molar-refractivity contribution in [2.24, 2.45) is 0 Å². The maximum Gasteiger partial charge on any atom is 0.336 e. The fraction of sp³-hybridized carbons (Fsp3) is 0.400. The van der Waals surface area contributed by atoms with Gasteiger partial charge in [0, 0.05) is 0 Å². The molecule has 6 heteroatoms. The highest BCUT2D eigenvalue weighted by Crippen LogP contribution is 2.07. The first-order valence-corrected chi connectivity index (χ1v) is 4.30. The van der Waals surface area contributed by atoms with Gasteiger partial charge in [-0.2, -0.15) is 0 Å². The van der Waals surface area contributed by atoms with Crippen molar-refractivity contribution in [1.29, 1.82) is 0 Å². The quantitative estimate of drug-likeness (QED) is 0.414. The van der Waals surface area contributed by atoms with Gasteiger partial charge in [-0.25, -0.2) is 9.59 Å². The molecule has 0 spiro atoms. The Morgan fingerprint density at radius 2 is 1.25 bits per heavy atom. The van der Waals surface area contributed by atoms with Crippen LogP contribution in [0.3, 0.4) is 0 Å². The highest BCUT2D eigenvalue weighted by molar-refractivity contribution is 5.86. The van der Waals surface area contributed by atoms with E-state index in [1.54, 1.807) is 14.1 Å². The molecule has 0 aliphatic carbocycles. The number of carboxylic acid groups (broad SMARTS) is 2. The van der Waals surface area contributed by atoms with Crippen LogP contribution in [-0.4, -0.2) is 53.8 Å². The average Bonchev–Trinajstić information content (AvgIpc) is 2.01. The number of hydrogen-bond donors (Lipinski definition) is 2. The van der Waals surface area contributed by atoms with Crippen molar-refractivity contribution in [3.05, 3.63) is 24.3 Å². The van der Waals surface area contributed by atoms with Gasteiger partial charge in [-0.15, -0.1) is 0 Å². The van der Waals surface area contributed by atoms with Crippen LogP contribution in [0.25, 0.3) is 0 Å². The van der Waals surface area contributed by atoms with Crippen molar-refractivity contribution >= 4 is 11.9 Å². The summed E-state index contributed by atoms with van der Waals surface area (Å²) >= 11 is 0. The van der Waals surface area contributed by atoms with Gasteiger partial charge in [-0.05, 0) is 0 Å². The number of rotatable bonds is 6. The summed E-state index contributed by atoms with van der Waals surface area (Å²) in [5.41, 5.74) is 0.108. The minimum atomic E-state index is -1.07. The number of quaternary nitrogens is 1. The molecule has 0 aliphatic rings. The van der Waals surface area contributed by atoms with E-state index in [9.17, 15) is 9.59 Å². The van der Waals surface area contributed by atoms with E-state index in [-0.39, 0.29) is 45.7 Å². The molecule has 16 heavy (non-hydrogen) atoms. The third-order valence-electron chi connectivity index (χ3n) is 1.84. The van der Waals surface area contributed by atoms with Gasteiger partial charge < -0.3 is 31.7 Å². The molecule has 5 nitrogen and oxygen atoms in total. The van der Waals surface area contributed by atoms with E-state index in [0.717, 1.165) is 0 Å². The number of aliphatic carboxylic acids is 2. The van der Waals surface area contributed by atoms with Crippen LogP contribution in [0, 0.1) is 0 Å². The summed E-state index contributed by atoms with van der Waals surface area (Å²) in [4.78, 5) is 21.1. The molecule has 0 bridgehead atoms. The summed E-state index contributed by atoms with van der Waals surface area (Å²) in [6, 6.07) is 0. The molecule has 2 N–H and O–H groups in total. The average molecular weight is 294 g/mol. The summed E-state index contributed by atoms with van der Waals surface area (Å²) in [7, 11) is 3.45. The highest BCUT2D eigenvalue weighted by Gasteiger charge is 2.23. The number of carboxylic acids is 2. The first-order chi connectivity index (χ1) is 6.65. The van der Waals surface area contributed by atoms with E-state index in [2.05, 4.69) is 13.2 Å². The molecule has 0 unspecified atom stereocenters. The lowest BCUT2D eigenvalue weighted by atomic mass is 10.2. The number of hydrogen-bond acceptors (Lipinski definition) is 2. The zero-order valence-electron chi connectivity index (χ0n) is 9.36. The van der Waals surface area contributed by atoms with Crippen LogP contribution in [0.5, 0.6) is 0 Å². The van der Waals surface area contributed by atoms with Crippen molar-refractivity contribution in [1.82, 2.24) is 0 Å². The number of nitrogens with zero attached hydrogens (tertiary/aromatic N) is 1. The molecule has 0 heterocycles. The largest absolute Gasteiger partial charge is 1.00 e. The predicted octanol–water partition coefficient (Wildman–Crippen LogP) is -2.65. The Labute approximate surface area is 105 Å². The molecule has 0 fully saturated rings. The van der Waals surface area contributed by atoms with Gasteiger partial charge in [0.25, 0.3) is 0 Å². The fourth-order valence-electron chi connectivity index (χ4n) is 1.22. The monoisotopic (exact) mass is 293 g/mol. The van der Waals surface area contributed by atoms with Gasteiger partial charge in [-0.1, -0.05) is 13.2 Å². The summed E-state index contributed by atoms with van der Waals surface area (Å²) in [5.74, 6) is -2.13. The van der Waals surface area contributed by atoms with E-state index in [4.69, 9.17) is 10.2 Å². The second-order valence-corrected chi connectivity index (χ2v) is 4.07. The van der Waals surface area contributed by atoms with Crippen LogP contribution in [0.4, 0.5) is 0 Å². The molecule has 0 atom stereocenters. The SMILES string of the molecule is C=C(C[N+](C)(C)CC(=C)C(=O)O)C(=O)O.[Br-]. The number of carbonyl (C=O) groups is 2. The Kier molecular flexibility index (Phi) is 6.95. The zero-order chi connectivity index (χ0) is 12.2. The molecule has 0 radical (unpaired) electrons. The fourth-order valence-corrected chi connectivity index (χ4v) is 1.22. The Morgan fingerprint density at radius 1 is 1.00 bits per heavy atom. The third kappa shape index (κ3) is 6.36. The molecule has 0 aromatic rings. The number of likely N-dealkylation sites (N-methyl/N-ethyl adjacent to an activating group) is 1. The van der Waals surface area contributed by atoms with Crippen LogP contribution in [-0.2, 0) is 9.59 Å². The van der Waals surface area contributed by atoms with E-state index in [1.165, 1.54) is 0 Å². The van der Waals surface area contributed by atoms with Crippen LogP contribution >= 0.6 is 0 Å². The molecular formula is C10H16BrNO4. The smallest absolute Gasteiger partial charge is 0.336 e. The van der Waals surface area contributed by atoms with Gasteiger partial charge in [0.15, 0.2) is 0 Å². The lowest BCUT2D eigenvalue weighted by Gasteiger charge is -2.29. The Morgan fingerprint density at radius 3 is 1.44 bits per heavy atom. The molecule has 0 amide bonds. The van der Waals surface area contributed by atoms with Crippen LogP contribution in [0.1, 0.15) is 0 Å². The summed E-state index contributed by atoms with van der Waals surface area (Å²) in [5, 5.41) is 17.3. The van der Waals surface area contributed by atoms with Gasteiger partial charge >= 0.3 is 11.9 Å². The van der Waals surface area contributed by atoms with E-state index < -0.39 is 11.9 Å². The van der Waals surface area contributed by atoms with Crippen molar-refractivity contribution in [2.75, 3.05) is 27.2 Å². The highest BCUT2D eigenvalue weighted by atomic mass is 79.9. The lowest BCUT2D eigenvalue weighted by molar-refractivity contribution is -0.880. The molecule has 0 aromatic heterocycles. The lowest BCUT2D eigenvalue weighted by Crippen LogP contribution is -3.00. The van der Waals surface area contributed by atoms with Crippen LogP contribution < -0.4 is 17.0 Å². The minimum absolute atomic E-state index is 0. The van der Waals surface area contributed by atoms with E-state index >= 15 is 0 Å². The topological polar surface area (TPSA) is 74.6 Å². The maximum absolute atomic E-state index is 10.5. The van der Waals surface area contributed by atoms with E-state index in [1.807, 2.05) is 0 Å². The van der Waals surface area contributed by atoms with Crippen LogP contribution in [0.2, 0.25) is 0 Å². The maximum atomic E-state index is 10.5. The standard InChI is InChI=1S/C10H15NO4.BrH/c1-7(9(12)13)5-11(3,4)6-8(2)10(14)15;/h1-2,5-6H2,3-4H3,(H-,12,13,14,15);1H. The molecule has 0 saturated heterocycles. The second kappa shape index (κ2) is 6.44. The molecular weight excluding hydrogens is 278 g/mol. The minimum Gasteiger partial charge on any atom is -1.00 e. The zero-order valence-corrected chi connectivity index (χ0v) is 11.0. The predicted molar refractivity (Wildman–Crippen MR) is 55.4 cm³/mol. The van der Waals surface area contributed by atoms with Crippen molar-refractivity contribution < 1.29 is 41.3 Å². The van der Waals surface area contributed by atoms with Gasteiger partial charge in [0.2, 0.25) is 0 Å². The van der Waals surface area contributed by atoms with Crippen LogP contribution in [0.15, 0.2) is 24.3 Å². The summed E-state index contributed by atoms with van der Waals surface area (Å²) in [6.07, 6.45) is 0. The van der Waals surface area contributed by atoms with Gasteiger partial charge in [0.05, 0.1) is 25.2 Å². The van der Waals surface area contributed by atoms with E-state index in [0.29, 0.717) is 0 Å². The third-order valence-corrected chi connectivity index (χ3v) is 1.84. The van der Waals surface area contributed by atoms with Gasteiger partial charge in [0.1, 0.15) is 13.1 Å². The van der Waals surface area contributed by atoms with Gasteiger partial charge in [-0.3, -0.25) is 0 Å². The Hall–Kier alpha value is -1.14. The molecule has 0 saturated carbocycles. The molecule has 0 aromatic carbocycles. The first kappa shape index (κ1) is 17.3. The molecule has 0 aliphatic heterocycles. The summed E-state index contributed by atoms with van der Waals surface area (Å²) in [6.45, 7) is 7.16. The second-order valence-electron chi connectivity index (χ2n) is 4.07. The molecule has 92 valence electrons. The van der Waals surface area contributed by atoms with Crippen molar-refractivity contribution in [3.8, 4) is 0 Å². The first-order valence-electron chi connectivity index (χ1n) is 4.30. The van der Waals surface area contributed by atoms with Crippen molar-refractivity contribution in [3.63, 3.8) is 0 Å².